The summed E-state index contributed by atoms with van der Waals surface area (Å²) in [6.07, 6.45) is 3.19. The zero-order chi connectivity index (χ0) is 17.1. The molecule has 0 spiro atoms. The maximum absolute atomic E-state index is 12.0. The number of anilines is 1. The van der Waals surface area contributed by atoms with Crippen molar-refractivity contribution < 1.29 is 9.21 Å². The van der Waals surface area contributed by atoms with Gasteiger partial charge >= 0.3 is 0 Å². The molecule has 0 atom stereocenters. The summed E-state index contributed by atoms with van der Waals surface area (Å²) in [5, 5.41) is 11.0. The van der Waals surface area contributed by atoms with Gasteiger partial charge in [0.1, 0.15) is 0 Å². The van der Waals surface area contributed by atoms with Crippen LogP contribution in [0.5, 0.6) is 0 Å². The maximum atomic E-state index is 12.0. The largest absolute Gasteiger partial charge is 0.459 e. The normalized spacial score (nSPS) is 10.6. The minimum Gasteiger partial charge on any atom is -0.459 e. The van der Waals surface area contributed by atoms with E-state index in [9.17, 15) is 4.79 Å². The number of carbonyl (C=O) groups is 1. The van der Waals surface area contributed by atoms with Crippen LogP contribution in [0.25, 0.3) is 16.9 Å². The second-order valence-electron chi connectivity index (χ2n) is 5.38. The molecule has 4 rings (SSSR count). The Hall–Kier alpha value is -3.67. The van der Waals surface area contributed by atoms with Crippen LogP contribution < -0.4 is 5.32 Å². The minimum atomic E-state index is -0.288. The molecule has 0 aliphatic rings. The molecule has 2 aromatic carbocycles. The number of hydrogen-bond acceptors (Lipinski definition) is 4. The van der Waals surface area contributed by atoms with Crippen molar-refractivity contribution in [2.75, 3.05) is 5.32 Å². The molecule has 0 bridgehead atoms. The van der Waals surface area contributed by atoms with Crippen LogP contribution in [0, 0.1) is 0 Å². The van der Waals surface area contributed by atoms with Gasteiger partial charge in [0, 0.05) is 11.3 Å². The van der Waals surface area contributed by atoms with Gasteiger partial charge in [0.05, 0.1) is 23.8 Å². The van der Waals surface area contributed by atoms with Crippen molar-refractivity contribution >= 4 is 11.6 Å². The summed E-state index contributed by atoms with van der Waals surface area (Å²) in [6.45, 7) is 0. The molecular formula is C19H14N4O2. The fourth-order valence-electron chi connectivity index (χ4n) is 2.52. The van der Waals surface area contributed by atoms with Crippen molar-refractivity contribution in [3.05, 3.63) is 85.0 Å². The molecule has 0 aliphatic carbocycles. The number of nitrogens with zero attached hydrogens (tertiary/aromatic N) is 3. The lowest BCUT2D eigenvalue weighted by Crippen LogP contribution is -2.10. The first kappa shape index (κ1) is 14.9. The number of amides is 1. The molecule has 0 fully saturated rings. The molecule has 25 heavy (non-hydrogen) atoms. The van der Waals surface area contributed by atoms with Crippen molar-refractivity contribution in [2.45, 2.75) is 0 Å². The van der Waals surface area contributed by atoms with Crippen LogP contribution in [0.1, 0.15) is 10.6 Å². The van der Waals surface area contributed by atoms with Crippen molar-refractivity contribution in [3.8, 4) is 16.9 Å². The van der Waals surface area contributed by atoms with Crippen molar-refractivity contribution in [3.63, 3.8) is 0 Å². The van der Waals surface area contributed by atoms with E-state index in [4.69, 9.17) is 4.42 Å². The molecule has 1 N–H and O–H groups in total. The lowest BCUT2D eigenvalue weighted by Gasteiger charge is -2.08. The van der Waals surface area contributed by atoms with E-state index in [0.29, 0.717) is 5.69 Å². The molecule has 2 aromatic heterocycles. The summed E-state index contributed by atoms with van der Waals surface area (Å²) in [6, 6.07) is 20.6. The third kappa shape index (κ3) is 3.05. The van der Waals surface area contributed by atoms with E-state index in [1.54, 1.807) is 23.0 Å². The Bertz CT molecular complexity index is 974. The Balaban J connectivity index is 1.57. The van der Waals surface area contributed by atoms with Crippen LogP contribution in [0.15, 0.2) is 83.6 Å². The van der Waals surface area contributed by atoms with Crippen molar-refractivity contribution in [1.82, 2.24) is 15.0 Å². The zero-order valence-corrected chi connectivity index (χ0v) is 13.2. The summed E-state index contributed by atoms with van der Waals surface area (Å²) in [5.41, 5.74) is 3.45. The first-order chi connectivity index (χ1) is 12.3. The smallest absolute Gasteiger partial charge is 0.291 e. The Morgan fingerprint density at radius 2 is 1.76 bits per heavy atom. The molecule has 1 amide bonds. The number of hydrogen-bond donors (Lipinski definition) is 1. The third-order valence-corrected chi connectivity index (χ3v) is 3.73. The zero-order valence-electron chi connectivity index (χ0n) is 13.2. The van der Waals surface area contributed by atoms with E-state index in [-0.39, 0.29) is 11.7 Å². The topological polar surface area (TPSA) is 73.0 Å². The number of aromatic nitrogens is 3. The third-order valence-electron chi connectivity index (χ3n) is 3.73. The predicted octanol–water partition coefficient (Wildman–Crippen LogP) is 3.78. The Kier molecular flexibility index (Phi) is 3.84. The fourth-order valence-corrected chi connectivity index (χ4v) is 2.52. The van der Waals surface area contributed by atoms with Crippen LogP contribution in [0.2, 0.25) is 0 Å². The van der Waals surface area contributed by atoms with Gasteiger partial charge in [-0.25, -0.2) is 4.68 Å². The second-order valence-corrected chi connectivity index (χ2v) is 5.38. The summed E-state index contributed by atoms with van der Waals surface area (Å²) in [5.74, 6) is -0.0183. The highest BCUT2D eigenvalue weighted by molar-refractivity contribution is 6.02. The number of rotatable bonds is 4. The maximum Gasteiger partial charge on any atom is 0.291 e. The van der Waals surface area contributed by atoms with E-state index >= 15 is 0 Å². The van der Waals surface area contributed by atoms with Gasteiger partial charge in [-0.2, -0.15) is 0 Å². The molecule has 0 saturated carbocycles. The van der Waals surface area contributed by atoms with Crippen LogP contribution >= 0.6 is 0 Å². The summed E-state index contributed by atoms with van der Waals surface area (Å²) in [7, 11) is 0. The van der Waals surface area contributed by atoms with E-state index in [1.807, 2.05) is 54.6 Å². The highest BCUT2D eigenvalue weighted by Gasteiger charge is 2.10. The highest BCUT2D eigenvalue weighted by Crippen LogP contribution is 2.22. The molecule has 6 nitrogen and oxygen atoms in total. The number of nitrogens with one attached hydrogen (secondary N) is 1. The first-order valence-electron chi connectivity index (χ1n) is 7.73. The molecule has 0 unspecified atom stereocenters. The van der Waals surface area contributed by atoms with Gasteiger partial charge in [0.2, 0.25) is 0 Å². The number of carbonyl (C=O) groups excluding carboxylic acids is 1. The second kappa shape index (κ2) is 6.45. The van der Waals surface area contributed by atoms with E-state index in [0.717, 1.165) is 16.9 Å². The fraction of sp³-hybridized carbons (Fsp3) is 0. The Labute approximate surface area is 143 Å². The summed E-state index contributed by atoms with van der Waals surface area (Å²) < 4.78 is 6.84. The Morgan fingerprint density at radius 3 is 2.48 bits per heavy atom. The van der Waals surface area contributed by atoms with Crippen LogP contribution in [0.4, 0.5) is 5.69 Å². The molecular weight excluding hydrogens is 316 g/mol. The summed E-state index contributed by atoms with van der Waals surface area (Å²) >= 11 is 0. The lowest BCUT2D eigenvalue weighted by molar-refractivity contribution is 0.0996. The average molecular weight is 330 g/mol. The standard InChI is InChI=1S/C19H14N4O2/c24-19(18-7-4-12-25-18)21-15-8-10-16(11-9-15)23-17(13-20-22-23)14-5-2-1-3-6-14/h1-13H,(H,21,24). The Morgan fingerprint density at radius 1 is 0.960 bits per heavy atom. The molecule has 0 aliphatic heterocycles. The van der Waals surface area contributed by atoms with Gasteiger partial charge in [-0.3, -0.25) is 4.79 Å². The molecule has 6 heteroatoms. The van der Waals surface area contributed by atoms with Crippen LogP contribution in [-0.4, -0.2) is 20.9 Å². The quantitative estimate of drug-likeness (QED) is 0.618. The van der Waals surface area contributed by atoms with Crippen LogP contribution in [0.3, 0.4) is 0 Å². The average Bonchev–Trinajstić information content (AvgIpc) is 3.35. The van der Waals surface area contributed by atoms with Crippen molar-refractivity contribution in [1.29, 1.82) is 0 Å². The highest BCUT2D eigenvalue weighted by atomic mass is 16.3. The molecule has 0 radical (unpaired) electrons. The van der Waals surface area contributed by atoms with Gasteiger partial charge < -0.3 is 9.73 Å². The molecule has 0 saturated heterocycles. The van der Waals surface area contributed by atoms with Gasteiger partial charge in [-0.05, 0) is 36.4 Å². The molecule has 4 aromatic rings. The van der Waals surface area contributed by atoms with Crippen molar-refractivity contribution in [2.24, 2.45) is 0 Å². The van der Waals surface area contributed by atoms with Gasteiger partial charge in [-0.1, -0.05) is 35.5 Å². The lowest BCUT2D eigenvalue weighted by atomic mass is 10.1. The van der Waals surface area contributed by atoms with E-state index in [1.165, 1.54) is 6.26 Å². The van der Waals surface area contributed by atoms with Gasteiger partial charge in [0.15, 0.2) is 5.76 Å². The van der Waals surface area contributed by atoms with E-state index < -0.39 is 0 Å². The molecule has 122 valence electrons. The van der Waals surface area contributed by atoms with Gasteiger partial charge in [-0.15, -0.1) is 5.10 Å². The van der Waals surface area contributed by atoms with Gasteiger partial charge in [0.25, 0.3) is 5.91 Å². The van der Waals surface area contributed by atoms with Crippen LogP contribution in [-0.2, 0) is 0 Å². The SMILES string of the molecule is O=C(Nc1ccc(-n2nncc2-c2ccccc2)cc1)c1ccco1. The van der Waals surface area contributed by atoms with E-state index in [2.05, 4.69) is 15.6 Å². The monoisotopic (exact) mass is 330 g/mol. The number of benzene rings is 2. The molecule has 2 heterocycles. The minimum absolute atomic E-state index is 0.270. The predicted molar refractivity (Wildman–Crippen MR) is 93.5 cm³/mol. The number of furan rings is 1. The first-order valence-corrected chi connectivity index (χ1v) is 7.73. The summed E-state index contributed by atoms with van der Waals surface area (Å²) in [4.78, 5) is 12.0.